The van der Waals surface area contributed by atoms with Gasteiger partial charge in [-0.05, 0) is 24.3 Å². The van der Waals surface area contributed by atoms with Gasteiger partial charge in [0.15, 0.2) is 6.61 Å². The lowest BCUT2D eigenvalue weighted by atomic mass is 10.2. The SMILES string of the molecule is CC[S@@](=O)c1ccccc1C(=O)OCC(=O)Nc1ccccc1OC. The van der Waals surface area contributed by atoms with Crippen molar-refractivity contribution in [2.24, 2.45) is 0 Å². The van der Waals surface area contributed by atoms with Crippen molar-refractivity contribution in [3.8, 4) is 5.75 Å². The van der Waals surface area contributed by atoms with Gasteiger partial charge in [0.05, 0.1) is 34.1 Å². The third-order valence-electron chi connectivity index (χ3n) is 3.33. The van der Waals surface area contributed by atoms with Gasteiger partial charge in [0.25, 0.3) is 5.91 Å². The van der Waals surface area contributed by atoms with Crippen LogP contribution in [-0.2, 0) is 20.3 Å². The van der Waals surface area contributed by atoms with Crippen molar-refractivity contribution >= 4 is 28.4 Å². The van der Waals surface area contributed by atoms with Gasteiger partial charge in [0.2, 0.25) is 0 Å². The molecule has 7 heteroatoms. The number of methoxy groups -OCH3 is 1. The van der Waals surface area contributed by atoms with Crippen LogP contribution in [0, 0.1) is 0 Å². The first-order chi connectivity index (χ1) is 12.1. The third-order valence-corrected chi connectivity index (χ3v) is 4.70. The van der Waals surface area contributed by atoms with Crippen molar-refractivity contribution in [3.63, 3.8) is 0 Å². The number of hydrogen-bond donors (Lipinski definition) is 1. The smallest absolute Gasteiger partial charge is 0.339 e. The largest absolute Gasteiger partial charge is 0.495 e. The highest BCUT2D eigenvalue weighted by atomic mass is 32.2. The molecule has 6 nitrogen and oxygen atoms in total. The molecule has 0 saturated heterocycles. The Morgan fingerprint density at radius 2 is 1.76 bits per heavy atom. The molecule has 0 aliphatic rings. The van der Waals surface area contributed by atoms with Gasteiger partial charge < -0.3 is 14.8 Å². The number of esters is 1. The Hall–Kier alpha value is -2.67. The van der Waals surface area contributed by atoms with E-state index in [-0.39, 0.29) is 5.56 Å². The van der Waals surface area contributed by atoms with Gasteiger partial charge in [0, 0.05) is 5.75 Å². The van der Waals surface area contributed by atoms with E-state index in [1.165, 1.54) is 13.2 Å². The second-order valence-corrected chi connectivity index (χ2v) is 6.66. The van der Waals surface area contributed by atoms with Gasteiger partial charge in [0.1, 0.15) is 5.75 Å². The van der Waals surface area contributed by atoms with Gasteiger partial charge >= 0.3 is 5.97 Å². The molecule has 0 unspecified atom stereocenters. The average molecular weight is 361 g/mol. The Labute approximate surface area is 148 Å². The molecule has 0 heterocycles. The van der Waals surface area contributed by atoms with Crippen LogP contribution in [0.15, 0.2) is 53.4 Å². The zero-order valence-electron chi connectivity index (χ0n) is 14.0. The predicted octanol–water partition coefficient (Wildman–Crippen LogP) is 2.62. The number of benzene rings is 2. The predicted molar refractivity (Wildman–Crippen MR) is 95.3 cm³/mol. The molecule has 1 N–H and O–H groups in total. The fourth-order valence-corrected chi connectivity index (χ4v) is 3.07. The van der Waals surface area contributed by atoms with Crippen molar-refractivity contribution in [2.45, 2.75) is 11.8 Å². The van der Waals surface area contributed by atoms with Crippen LogP contribution in [0.5, 0.6) is 5.75 Å². The first kappa shape index (κ1) is 18.7. The summed E-state index contributed by atoms with van der Waals surface area (Å²) in [7, 11) is 0.205. The molecule has 0 fully saturated rings. The molecule has 0 radical (unpaired) electrons. The second kappa shape index (κ2) is 8.98. The first-order valence-electron chi connectivity index (χ1n) is 7.64. The Morgan fingerprint density at radius 3 is 2.48 bits per heavy atom. The molecule has 2 rings (SSSR count). The summed E-state index contributed by atoms with van der Waals surface area (Å²) in [6.45, 7) is 1.31. The van der Waals surface area contributed by atoms with Crippen LogP contribution < -0.4 is 10.1 Å². The summed E-state index contributed by atoms with van der Waals surface area (Å²) >= 11 is 0. The minimum absolute atomic E-state index is 0.202. The summed E-state index contributed by atoms with van der Waals surface area (Å²) < 4.78 is 22.2. The molecule has 2 aromatic carbocycles. The lowest BCUT2D eigenvalue weighted by Gasteiger charge is -2.11. The lowest BCUT2D eigenvalue weighted by Crippen LogP contribution is -2.21. The van der Waals surface area contributed by atoms with Gasteiger partial charge in [-0.3, -0.25) is 9.00 Å². The van der Waals surface area contributed by atoms with Crippen molar-refractivity contribution < 1.29 is 23.3 Å². The Bertz CT molecular complexity index is 791. The maximum absolute atomic E-state index is 12.2. The van der Waals surface area contributed by atoms with E-state index in [0.29, 0.717) is 22.1 Å². The number of hydrogen-bond acceptors (Lipinski definition) is 5. The molecule has 0 aliphatic carbocycles. The van der Waals surface area contributed by atoms with E-state index in [1.54, 1.807) is 49.4 Å². The molecule has 0 saturated carbocycles. The number of para-hydroxylation sites is 2. The number of carbonyl (C=O) groups excluding carboxylic acids is 2. The summed E-state index contributed by atoms with van der Waals surface area (Å²) in [5.74, 6) is -0.288. The summed E-state index contributed by atoms with van der Waals surface area (Å²) in [5, 5.41) is 2.62. The van der Waals surface area contributed by atoms with Crippen LogP contribution in [0.25, 0.3) is 0 Å². The molecule has 0 spiro atoms. The average Bonchev–Trinajstić information content (AvgIpc) is 2.65. The fraction of sp³-hybridized carbons (Fsp3) is 0.222. The molecular formula is C18H19NO5S. The zero-order valence-corrected chi connectivity index (χ0v) is 14.8. The molecule has 0 bridgehead atoms. The molecule has 25 heavy (non-hydrogen) atoms. The van der Waals surface area contributed by atoms with Crippen LogP contribution in [0.1, 0.15) is 17.3 Å². The highest BCUT2D eigenvalue weighted by molar-refractivity contribution is 7.85. The number of amides is 1. The van der Waals surface area contributed by atoms with E-state index >= 15 is 0 Å². The van der Waals surface area contributed by atoms with Crippen LogP contribution in [0.4, 0.5) is 5.69 Å². The van der Waals surface area contributed by atoms with Crippen molar-refractivity contribution in [1.82, 2.24) is 0 Å². The molecule has 1 atom stereocenters. The highest BCUT2D eigenvalue weighted by Crippen LogP contribution is 2.22. The molecule has 0 aliphatic heterocycles. The van der Waals surface area contributed by atoms with Gasteiger partial charge in [-0.25, -0.2) is 4.79 Å². The maximum Gasteiger partial charge on any atom is 0.339 e. The second-order valence-electron chi connectivity index (χ2n) is 4.95. The van der Waals surface area contributed by atoms with Crippen molar-refractivity contribution in [2.75, 3.05) is 24.8 Å². The van der Waals surface area contributed by atoms with E-state index in [2.05, 4.69) is 5.32 Å². The van der Waals surface area contributed by atoms with E-state index in [1.807, 2.05) is 0 Å². The van der Waals surface area contributed by atoms with Crippen molar-refractivity contribution in [1.29, 1.82) is 0 Å². The quantitative estimate of drug-likeness (QED) is 0.767. The molecule has 132 valence electrons. The van der Waals surface area contributed by atoms with E-state index in [9.17, 15) is 13.8 Å². The molecule has 1 amide bonds. The summed E-state index contributed by atoms with van der Waals surface area (Å²) in [4.78, 5) is 24.6. The van der Waals surface area contributed by atoms with Crippen LogP contribution in [-0.4, -0.2) is 35.6 Å². The summed E-state index contributed by atoms with van der Waals surface area (Å²) in [5.41, 5.74) is 0.686. The zero-order chi connectivity index (χ0) is 18.2. The van der Waals surface area contributed by atoms with Crippen LogP contribution >= 0.6 is 0 Å². The standard InChI is InChI=1S/C18H19NO5S/c1-3-25(22)16-11-7-4-8-13(16)18(21)24-12-17(20)19-14-9-5-6-10-15(14)23-2/h4-11H,3,12H2,1-2H3,(H,19,20)/t25-/m1/s1. The van der Waals surface area contributed by atoms with Crippen LogP contribution in [0.2, 0.25) is 0 Å². The van der Waals surface area contributed by atoms with Crippen molar-refractivity contribution in [3.05, 3.63) is 54.1 Å². The van der Waals surface area contributed by atoms with E-state index in [0.717, 1.165) is 0 Å². The van der Waals surface area contributed by atoms with Gasteiger partial charge in [-0.15, -0.1) is 0 Å². The van der Waals surface area contributed by atoms with Gasteiger partial charge in [-0.2, -0.15) is 0 Å². The lowest BCUT2D eigenvalue weighted by molar-refractivity contribution is -0.119. The van der Waals surface area contributed by atoms with E-state index in [4.69, 9.17) is 9.47 Å². The molecule has 2 aromatic rings. The molecular weight excluding hydrogens is 342 g/mol. The summed E-state index contributed by atoms with van der Waals surface area (Å²) in [6.07, 6.45) is 0. The third kappa shape index (κ3) is 4.90. The fourth-order valence-electron chi connectivity index (χ4n) is 2.13. The van der Waals surface area contributed by atoms with Crippen LogP contribution in [0.3, 0.4) is 0 Å². The summed E-state index contributed by atoms with van der Waals surface area (Å²) in [6, 6.07) is 13.4. The molecule has 0 aromatic heterocycles. The Kier molecular flexibility index (Phi) is 6.71. The highest BCUT2D eigenvalue weighted by Gasteiger charge is 2.17. The van der Waals surface area contributed by atoms with Gasteiger partial charge in [-0.1, -0.05) is 31.2 Å². The minimum Gasteiger partial charge on any atom is -0.495 e. The normalized spacial score (nSPS) is 11.4. The number of carbonyl (C=O) groups is 2. The van der Waals surface area contributed by atoms with E-state index < -0.39 is 29.3 Å². The first-order valence-corrected chi connectivity index (χ1v) is 8.96. The topological polar surface area (TPSA) is 81.7 Å². The Morgan fingerprint density at radius 1 is 1.08 bits per heavy atom. The maximum atomic E-state index is 12.2. The minimum atomic E-state index is -1.29. The monoisotopic (exact) mass is 361 g/mol. The number of anilines is 1. The number of nitrogens with one attached hydrogen (secondary N) is 1. The Balaban J connectivity index is 2.01. The number of ether oxygens (including phenoxy) is 2. The number of rotatable bonds is 7.